The first-order chi connectivity index (χ1) is 7.56. The quantitative estimate of drug-likeness (QED) is 0.771. The lowest BCUT2D eigenvalue weighted by molar-refractivity contribution is 0.151. The first-order valence-corrected chi connectivity index (χ1v) is 7.05. The monoisotopic (exact) mass is 250 g/mol. The molecule has 0 spiro atoms. The van der Waals surface area contributed by atoms with Crippen LogP contribution in [-0.2, 0) is 14.8 Å². The van der Waals surface area contributed by atoms with Gasteiger partial charge in [0.1, 0.15) is 0 Å². The number of ether oxygens (including phenoxy) is 1. The summed E-state index contributed by atoms with van der Waals surface area (Å²) in [5, 5.41) is 2.50. The molecule has 0 aromatic heterocycles. The number of hydrogen-bond donors (Lipinski definition) is 1. The molecule has 1 saturated heterocycles. The third kappa shape index (κ3) is 3.97. The molecule has 1 rings (SSSR count). The van der Waals surface area contributed by atoms with Crippen LogP contribution in [0.2, 0.25) is 0 Å². The largest absolute Gasteiger partial charge is 0.450 e. The van der Waals surface area contributed by atoms with Gasteiger partial charge >= 0.3 is 6.09 Å². The van der Waals surface area contributed by atoms with Crippen LogP contribution in [0.3, 0.4) is 0 Å². The average Bonchev–Trinajstić information content (AvgIpc) is 2.21. The zero-order valence-corrected chi connectivity index (χ0v) is 10.3. The van der Waals surface area contributed by atoms with Crippen LogP contribution < -0.4 is 5.32 Å². The van der Waals surface area contributed by atoms with Crippen molar-refractivity contribution in [1.82, 2.24) is 9.62 Å². The maximum Gasteiger partial charge on any atom is 0.407 e. The number of carbonyl (C=O) groups excluding carboxylic acids is 1. The molecule has 0 radical (unpaired) electrons. The van der Waals surface area contributed by atoms with Crippen molar-refractivity contribution in [3.05, 3.63) is 0 Å². The van der Waals surface area contributed by atoms with E-state index in [1.54, 1.807) is 6.92 Å². The molecule has 6 nitrogen and oxygen atoms in total. The van der Waals surface area contributed by atoms with Crippen molar-refractivity contribution in [2.45, 2.75) is 19.8 Å². The summed E-state index contributed by atoms with van der Waals surface area (Å²) in [5.74, 6) is 0.215. The molecule has 0 atom stereocenters. The molecule has 0 unspecified atom stereocenters. The number of rotatable bonds is 4. The smallest absolute Gasteiger partial charge is 0.407 e. The Morgan fingerprint density at radius 2 is 2.19 bits per heavy atom. The zero-order valence-electron chi connectivity index (χ0n) is 9.44. The summed E-state index contributed by atoms with van der Waals surface area (Å²) < 4.78 is 29.2. The molecule has 1 heterocycles. The van der Waals surface area contributed by atoms with Gasteiger partial charge in [0.15, 0.2) is 0 Å². The number of nitrogens with zero attached hydrogens (tertiary/aromatic N) is 1. The van der Waals surface area contributed by atoms with Gasteiger partial charge in [0.25, 0.3) is 0 Å². The van der Waals surface area contributed by atoms with Crippen molar-refractivity contribution in [2.75, 3.05) is 32.0 Å². The van der Waals surface area contributed by atoms with Crippen molar-refractivity contribution < 1.29 is 17.9 Å². The van der Waals surface area contributed by atoms with Crippen LogP contribution in [0, 0.1) is 0 Å². The van der Waals surface area contributed by atoms with Crippen molar-refractivity contribution in [1.29, 1.82) is 0 Å². The summed E-state index contributed by atoms with van der Waals surface area (Å²) in [7, 11) is -3.09. The Hall–Kier alpha value is -0.820. The van der Waals surface area contributed by atoms with E-state index in [0.29, 0.717) is 19.7 Å². The second-order valence-corrected chi connectivity index (χ2v) is 5.66. The van der Waals surface area contributed by atoms with E-state index in [9.17, 15) is 13.2 Å². The van der Waals surface area contributed by atoms with Crippen LogP contribution in [0.4, 0.5) is 4.79 Å². The lowest BCUT2D eigenvalue weighted by Crippen LogP contribution is -2.42. The van der Waals surface area contributed by atoms with Crippen LogP contribution in [0.1, 0.15) is 19.8 Å². The molecule has 1 N–H and O–H groups in total. The fourth-order valence-electron chi connectivity index (χ4n) is 1.56. The van der Waals surface area contributed by atoms with Crippen LogP contribution in [-0.4, -0.2) is 50.8 Å². The molecular formula is C9H18N2O4S. The van der Waals surface area contributed by atoms with E-state index >= 15 is 0 Å². The SMILES string of the molecule is CCOC(=O)NCCN1CCCCS1(=O)=O. The van der Waals surface area contributed by atoms with Crippen molar-refractivity contribution in [2.24, 2.45) is 0 Å². The fraction of sp³-hybridized carbons (Fsp3) is 0.889. The fourth-order valence-corrected chi connectivity index (χ4v) is 3.16. The van der Waals surface area contributed by atoms with E-state index in [-0.39, 0.29) is 12.3 Å². The Kier molecular flexibility index (Phi) is 5.01. The molecule has 94 valence electrons. The third-order valence-corrected chi connectivity index (χ3v) is 4.32. The molecule has 0 aromatic rings. The van der Waals surface area contributed by atoms with E-state index in [0.717, 1.165) is 12.8 Å². The molecule has 16 heavy (non-hydrogen) atoms. The van der Waals surface area contributed by atoms with E-state index in [1.165, 1.54) is 4.31 Å². The van der Waals surface area contributed by atoms with Gasteiger partial charge in [-0.05, 0) is 19.8 Å². The first kappa shape index (κ1) is 13.2. The number of carbonyl (C=O) groups is 1. The number of hydrogen-bond acceptors (Lipinski definition) is 4. The molecule has 0 bridgehead atoms. The Morgan fingerprint density at radius 3 is 2.81 bits per heavy atom. The highest BCUT2D eigenvalue weighted by molar-refractivity contribution is 7.89. The van der Waals surface area contributed by atoms with Gasteiger partial charge in [-0.1, -0.05) is 0 Å². The van der Waals surface area contributed by atoms with Crippen LogP contribution in [0.5, 0.6) is 0 Å². The van der Waals surface area contributed by atoms with Crippen molar-refractivity contribution in [3.8, 4) is 0 Å². The summed E-state index contributed by atoms with van der Waals surface area (Å²) in [6.07, 6.45) is 1.11. The Labute approximate surface area is 96.0 Å². The standard InChI is InChI=1S/C9H18N2O4S/c1-2-15-9(12)10-5-7-11-6-3-4-8-16(11,13)14/h2-8H2,1H3,(H,10,12). The highest BCUT2D eigenvalue weighted by atomic mass is 32.2. The lowest BCUT2D eigenvalue weighted by atomic mass is 10.3. The molecule has 1 amide bonds. The van der Waals surface area contributed by atoms with Crippen molar-refractivity contribution >= 4 is 16.1 Å². The van der Waals surface area contributed by atoms with E-state index in [2.05, 4.69) is 10.1 Å². The van der Waals surface area contributed by atoms with Gasteiger partial charge in [-0.25, -0.2) is 17.5 Å². The maximum atomic E-state index is 11.6. The molecular weight excluding hydrogens is 232 g/mol. The number of amides is 1. The van der Waals surface area contributed by atoms with E-state index < -0.39 is 16.1 Å². The Morgan fingerprint density at radius 1 is 1.44 bits per heavy atom. The predicted molar refractivity (Wildman–Crippen MR) is 59.6 cm³/mol. The first-order valence-electron chi connectivity index (χ1n) is 5.44. The lowest BCUT2D eigenvalue weighted by Gasteiger charge is -2.25. The minimum Gasteiger partial charge on any atom is -0.450 e. The predicted octanol–water partition coefficient (Wildman–Crippen LogP) is 0.158. The van der Waals surface area contributed by atoms with Gasteiger partial charge in [0, 0.05) is 19.6 Å². The topological polar surface area (TPSA) is 75.7 Å². The third-order valence-electron chi connectivity index (χ3n) is 2.36. The van der Waals surface area contributed by atoms with E-state index in [1.807, 2.05) is 0 Å². The van der Waals surface area contributed by atoms with Crippen molar-refractivity contribution in [3.63, 3.8) is 0 Å². The van der Waals surface area contributed by atoms with E-state index in [4.69, 9.17) is 0 Å². The number of nitrogens with one attached hydrogen (secondary N) is 1. The summed E-state index contributed by atoms with van der Waals surface area (Å²) in [5.41, 5.74) is 0. The second kappa shape index (κ2) is 6.05. The summed E-state index contributed by atoms with van der Waals surface area (Å²) in [4.78, 5) is 10.9. The molecule has 1 aliphatic heterocycles. The highest BCUT2D eigenvalue weighted by Gasteiger charge is 2.25. The van der Waals surface area contributed by atoms with Gasteiger partial charge in [-0.2, -0.15) is 0 Å². The van der Waals surface area contributed by atoms with Gasteiger partial charge in [0.2, 0.25) is 10.0 Å². The number of sulfonamides is 1. The number of alkyl carbamates (subject to hydrolysis) is 1. The highest BCUT2D eigenvalue weighted by Crippen LogP contribution is 2.12. The molecule has 0 aromatic carbocycles. The second-order valence-electron chi connectivity index (χ2n) is 3.57. The summed E-state index contributed by atoms with van der Waals surface area (Å²) >= 11 is 0. The minimum absolute atomic E-state index is 0.215. The normalized spacial score (nSPS) is 20.3. The molecule has 0 aliphatic carbocycles. The Balaban J connectivity index is 2.29. The van der Waals surface area contributed by atoms with Gasteiger partial charge in [0.05, 0.1) is 12.4 Å². The summed E-state index contributed by atoms with van der Waals surface area (Å²) in [6.45, 7) is 3.19. The van der Waals surface area contributed by atoms with Crippen LogP contribution in [0.25, 0.3) is 0 Å². The van der Waals surface area contributed by atoms with Gasteiger partial charge in [-0.15, -0.1) is 0 Å². The average molecular weight is 250 g/mol. The molecule has 1 fully saturated rings. The van der Waals surface area contributed by atoms with Gasteiger partial charge in [-0.3, -0.25) is 0 Å². The summed E-state index contributed by atoms with van der Waals surface area (Å²) in [6, 6.07) is 0. The van der Waals surface area contributed by atoms with Gasteiger partial charge < -0.3 is 10.1 Å². The zero-order chi connectivity index (χ0) is 12.0. The van der Waals surface area contributed by atoms with Crippen LogP contribution in [0.15, 0.2) is 0 Å². The maximum absolute atomic E-state index is 11.6. The molecule has 1 aliphatic rings. The Bertz CT molecular complexity index is 328. The molecule has 0 saturated carbocycles. The molecule has 7 heteroatoms. The van der Waals surface area contributed by atoms with Crippen LogP contribution >= 0.6 is 0 Å². The minimum atomic E-state index is -3.09.